The van der Waals surface area contributed by atoms with E-state index in [4.69, 9.17) is 11.6 Å². The molecule has 3 aromatic rings. The first-order valence-corrected chi connectivity index (χ1v) is 7.27. The molecule has 0 amide bonds. The van der Waals surface area contributed by atoms with Crippen LogP contribution in [0.25, 0.3) is 21.2 Å². The van der Waals surface area contributed by atoms with E-state index in [9.17, 15) is 27.5 Å². The molecular weight excluding hydrogens is 356 g/mol. The number of hydrogen-bond acceptors (Lipinski definition) is 3. The zero-order valence-electron chi connectivity index (χ0n) is 10.9. The Morgan fingerprint density at radius 3 is 2.39 bits per heavy atom. The first-order chi connectivity index (χ1) is 10.8. The highest BCUT2D eigenvalue weighted by Gasteiger charge is 2.24. The molecule has 8 heteroatoms. The molecule has 1 heterocycles. The van der Waals surface area contributed by atoms with E-state index >= 15 is 0 Å². The third-order valence-corrected chi connectivity index (χ3v) is 4.58. The van der Waals surface area contributed by atoms with Crippen molar-refractivity contribution >= 4 is 39.0 Å². The van der Waals surface area contributed by atoms with E-state index in [-0.39, 0.29) is 10.9 Å². The number of thiophene rings is 1. The average molecular weight is 360 g/mol. The standard InChI is InChI=1S/C15H5ClF4O2S/c16-5-1-2-6-9(3-5)23-14(15(21)22)10(6)7-4-8(17)12(19)13(20)11(7)18/h1-4H,(H,21,22)/p-1. The molecular formula is C15H4ClF4O2S-. The van der Waals surface area contributed by atoms with Crippen molar-refractivity contribution in [1.82, 2.24) is 0 Å². The highest BCUT2D eigenvalue weighted by atomic mass is 35.5. The van der Waals surface area contributed by atoms with Gasteiger partial charge in [-0.1, -0.05) is 17.7 Å². The summed E-state index contributed by atoms with van der Waals surface area (Å²) < 4.78 is 54.4. The lowest BCUT2D eigenvalue weighted by atomic mass is 10.0. The molecule has 0 aliphatic carbocycles. The topological polar surface area (TPSA) is 40.1 Å². The second kappa shape index (κ2) is 5.50. The minimum atomic E-state index is -2.02. The first kappa shape index (κ1) is 15.8. The minimum absolute atomic E-state index is 0.211. The first-order valence-electron chi connectivity index (χ1n) is 6.08. The van der Waals surface area contributed by atoms with Crippen LogP contribution in [0.1, 0.15) is 9.67 Å². The Morgan fingerprint density at radius 1 is 1.04 bits per heavy atom. The lowest BCUT2D eigenvalue weighted by Gasteiger charge is -2.09. The van der Waals surface area contributed by atoms with Crippen LogP contribution in [0.5, 0.6) is 0 Å². The fourth-order valence-corrected chi connectivity index (χ4v) is 3.56. The van der Waals surface area contributed by atoms with Crippen molar-refractivity contribution in [3.63, 3.8) is 0 Å². The molecule has 0 aliphatic heterocycles. The van der Waals surface area contributed by atoms with Crippen molar-refractivity contribution in [2.45, 2.75) is 0 Å². The van der Waals surface area contributed by atoms with Gasteiger partial charge >= 0.3 is 0 Å². The third-order valence-electron chi connectivity index (χ3n) is 3.21. The van der Waals surface area contributed by atoms with E-state index in [1.54, 1.807) is 0 Å². The second-order valence-corrected chi connectivity index (χ2v) is 6.07. The zero-order valence-corrected chi connectivity index (χ0v) is 12.5. The number of rotatable bonds is 2. The average Bonchev–Trinajstić information content (AvgIpc) is 2.87. The van der Waals surface area contributed by atoms with Crippen molar-refractivity contribution < 1.29 is 27.5 Å². The summed E-state index contributed by atoms with van der Waals surface area (Å²) in [6, 6.07) is 4.63. The van der Waals surface area contributed by atoms with Gasteiger partial charge in [-0.25, -0.2) is 17.6 Å². The van der Waals surface area contributed by atoms with Crippen LogP contribution in [0, 0.1) is 23.3 Å². The van der Waals surface area contributed by atoms with Gasteiger partial charge in [0.2, 0.25) is 0 Å². The molecule has 0 spiro atoms. The van der Waals surface area contributed by atoms with E-state index in [1.165, 1.54) is 18.2 Å². The van der Waals surface area contributed by atoms with Crippen LogP contribution in [0.2, 0.25) is 5.02 Å². The van der Waals surface area contributed by atoms with Crippen LogP contribution >= 0.6 is 22.9 Å². The molecule has 0 unspecified atom stereocenters. The van der Waals surface area contributed by atoms with Crippen LogP contribution in [0.3, 0.4) is 0 Å². The predicted molar refractivity (Wildman–Crippen MR) is 76.4 cm³/mol. The summed E-state index contributed by atoms with van der Waals surface area (Å²) in [7, 11) is 0. The van der Waals surface area contributed by atoms with Crippen LogP contribution < -0.4 is 5.11 Å². The molecule has 0 saturated heterocycles. The number of carbonyl (C=O) groups is 1. The Balaban J connectivity index is 2.45. The van der Waals surface area contributed by atoms with Gasteiger partial charge in [0.05, 0.1) is 10.8 Å². The smallest absolute Gasteiger partial charge is 0.198 e. The highest BCUT2D eigenvalue weighted by Crippen LogP contribution is 2.41. The van der Waals surface area contributed by atoms with E-state index < -0.39 is 39.7 Å². The molecule has 0 fully saturated rings. The Hall–Kier alpha value is -2.12. The highest BCUT2D eigenvalue weighted by molar-refractivity contribution is 7.21. The summed E-state index contributed by atoms with van der Waals surface area (Å²) in [4.78, 5) is 10.8. The number of halogens is 5. The third kappa shape index (κ3) is 2.46. The van der Waals surface area contributed by atoms with Crippen LogP contribution in [-0.2, 0) is 0 Å². The summed E-state index contributed by atoms with van der Waals surface area (Å²) in [6.07, 6.45) is 0. The Morgan fingerprint density at radius 2 is 1.74 bits per heavy atom. The number of hydrogen-bond donors (Lipinski definition) is 0. The Labute approximate surface area is 135 Å². The molecule has 0 N–H and O–H groups in total. The summed E-state index contributed by atoms with van der Waals surface area (Å²) in [5.74, 6) is -8.94. The molecule has 2 aromatic carbocycles. The normalized spacial score (nSPS) is 11.2. The molecule has 0 radical (unpaired) electrons. The minimum Gasteiger partial charge on any atom is -0.544 e. The van der Waals surface area contributed by atoms with E-state index in [0.29, 0.717) is 27.1 Å². The zero-order chi connectivity index (χ0) is 16.9. The lowest BCUT2D eigenvalue weighted by molar-refractivity contribution is -0.254. The molecule has 0 bridgehead atoms. The number of benzene rings is 2. The van der Waals surface area contributed by atoms with Crippen molar-refractivity contribution in [3.05, 3.63) is 57.4 Å². The predicted octanol–water partition coefficient (Wildman–Crippen LogP) is 4.14. The summed E-state index contributed by atoms with van der Waals surface area (Å²) in [5, 5.41) is 11.8. The van der Waals surface area contributed by atoms with E-state index in [1.807, 2.05) is 0 Å². The van der Waals surface area contributed by atoms with Crippen LogP contribution in [0.4, 0.5) is 17.6 Å². The van der Waals surface area contributed by atoms with E-state index in [0.717, 1.165) is 0 Å². The molecule has 2 nitrogen and oxygen atoms in total. The number of carboxylic acid groups (broad SMARTS) is 1. The van der Waals surface area contributed by atoms with Crippen LogP contribution in [-0.4, -0.2) is 5.97 Å². The quantitative estimate of drug-likeness (QED) is 0.392. The fraction of sp³-hybridized carbons (Fsp3) is 0. The monoisotopic (exact) mass is 359 g/mol. The Kier molecular flexibility index (Phi) is 3.77. The fourth-order valence-electron chi connectivity index (χ4n) is 2.24. The van der Waals surface area contributed by atoms with Gasteiger partial charge in [-0.05, 0) is 18.2 Å². The molecule has 3 rings (SSSR count). The van der Waals surface area contributed by atoms with Gasteiger partial charge < -0.3 is 9.90 Å². The largest absolute Gasteiger partial charge is 0.544 e. The van der Waals surface area contributed by atoms with Gasteiger partial charge in [-0.2, -0.15) is 0 Å². The van der Waals surface area contributed by atoms with E-state index in [2.05, 4.69) is 0 Å². The summed E-state index contributed by atoms with van der Waals surface area (Å²) in [5.41, 5.74) is -0.980. The maximum absolute atomic E-state index is 14.0. The van der Waals surface area contributed by atoms with Gasteiger partial charge in [0.1, 0.15) is 0 Å². The van der Waals surface area contributed by atoms with Crippen molar-refractivity contribution in [3.8, 4) is 11.1 Å². The maximum Gasteiger partial charge on any atom is 0.198 e. The van der Waals surface area contributed by atoms with Gasteiger partial charge in [-0.3, -0.25) is 0 Å². The van der Waals surface area contributed by atoms with Gasteiger partial charge in [0.25, 0.3) is 0 Å². The second-order valence-electron chi connectivity index (χ2n) is 4.58. The SMILES string of the molecule is O=C([O-])c1sc2cc(Cl)ccc2c1-c1cc(F)c(F)c(F)c1F. The number of carbonyl (C=O) groups excluding carboxylic acids is 1. The molecule has 0 saturated carbocycles. The molecule has 1 aromatic heterocycles. The number of carboxylic acids is 1. The van der Waals surface area contributed by atoms with Gasteiger partial charge in [0, 0.05) is 26.2 Å². The number of fused-ring (bicyclic) bond motifs is 1. The molecule has 118 valence electrons. The van der Waals surface area contributed by atoms with Crippen LogP contribution in [0.15, 0.2) is 24.3 Å². The van der Waals surface area contributed by atoms with Crippen molar-refractivity contribution in [1.29, 1.82) is 0 Å². The van der Waals surface area contributed by atoms with Gasteiger partial charge in [-0.15, -0.1) is 11.3 Å². The van der Waals surface area contributed by atoms with Crippen molar-refractivity contribution in [2.75, 3.05) is 0 Å². The lowest BCUT2D eigenvalue weighted by Crippen LogP contribution is -2.21. The van der Waals surface area contributed by atoms with Crippen molar-refractivity contribution in [2.24, 2.45) is 0 Å². The summed E-state index contributed by atoms with van der Waals surface area (Å²) in [6.45, 7) is 0. The number of aromatic carboxylic acids is 1. The van der Waals surface area contributed by atoms with Gasteiger partial charge in [0.15, 0.2) is 23.3 Å². The summed E-state index contributed by atoms with van der Waals surface area (Å²) >= 11 is 6.52. The molecule has 23 heavy (non-hydrogen) atoms. The Bertz CT molecular complexity index is 968. The maximum atomic E-state index is 14.0. The molecule has 0 aliphatic rings. The molecule has 0 atom stereocenters.